The zero-order valence-electron chi connectivity index (χ0n) is 15.3. The number of unbranched alkanes of at least 4 members (excludes halogenated alkanes) is 1. The van der Waals surface area contributed by atoms with E-state index in [2.05, 4.69) is 10.1 Å². The number of aromatic nitrogens is 4. The van der Waals surface area contributed by atoms with E-state index in [4.69, 9.17) is 17.3 Å². The Hall–Kier alpha value is -2.55. The number of nitrogen functional groups attached to an aromatic ring is 1. The maximum Gasteiger partial charge on any atom is 0.330 e. The van der Waals surface area contributed by atoms with E-state index in [9.17, 15) is 14.4 Å². The van der Waals surface area contributed by atoms with Crippen molar-refractivity contribution in [2.45, 2.75) is 46.7 Å². The van der Waals surface area contributed by atoms with Gasteiger partial charge in [-0.2, -0.15) is 5.10 Å². The molecule has 3 N–H and O–H groups in total. The number of hydrogen-bond acceptors (Lipinski definition) is 5. The van der Waals surface area contributed by atoms with Crippen LogP contribution in [0.2, 0.25) is 5.02 Å². The third kappa shape index (κ3) is 3.67. The number of amides is 1. The van der Waals surface area contributed by atoms with Crippen LogP contribution >= 0.6 is 11.6 Å². The lowest BCUT2D eigenvalue weighted by Crippen LogP contribution is -2.40. The Morgan fingerprint density at radius 1 is 1.35 bits per heavy atom. The second-order valence-electron chi connectivity index (χ2n) is 6.09. The lowest BCUT2D eigenvalue weighted by atomic mass is 10.3. The molecule has 0 aromatic carbocycles. The van der Waals surface area contributed by atoms with E-state index in [1.165, 1.54) is 16.3 Å². The number of nitrogens with zero attached hydrogens (tertiary/aromatic N) is 4. The maximum absolute atomic E-state index is 12.6. The molecule has 0 radical (unpaired) electrons. The highest BCUT2D eigenvalue weighted by Gasteiger charge is 2.22. The average Bonchev–Trinajstić information content (AvgIpc) is 2.81. The Morgan fingerprint density at radius 3 is 2.54 bits per heavy atom. The van der Waals surface area contributed by atoms with Crippen LogP contribution in [0.1, 0.15) is 31.2 Å². The van der Waals surface area contributed by atoms with Gasteiger partial charge < -0.3 is 10.6 Å². The van der Waals surface area contributed by atoms with Crippen LogP contribution in [0, 0.1) is 13.8 Å². The number of aromatic amines is 1. The number of nitrogens with two attached hydrogens (primary N) is 1. The molecule has 2 heterocycles. The summed E-state index contributed by atoms with van der Waals surface area (Å²) in [4.78, 5) is 40.2. The largest absolute Gasteiger partial charge is 0.383 e. The van der Waals surface area contributed by atoms with Crippen molar-refractivity contribution < 1.29 is 4.79 Å². The molecule has 0 saturated heterocycles. The van der Waals surface area contributed by atoms with Crippen LogP contribution in [0.3, 0.4) is 0 Å². The van der Waals surface area contributed by atoms with Gasteiger partial charge in [-0.1, -0.05) is 24.9 Å². The second kappa shape index (κ2) is 7.77. The molecule has 2 aromatic rings. The van der Waals surface area contributed by atoms with E-state index in [0.29, 0.717) is 23.0 Å². The Morgan fingerprint density at radius 2 is 2.00 bits per heavy atom. The molecule has 1 amide bonds. The van der Waals surface area contributed by atoms with Gasteiger partial charge in [0.2, 0.25) is 5.91 Å². The summed E-state index contributed by atoms with van der Waals surface area (Å²) in [7, 11) is 1.44. The van der Waals surface area contributed by atoms with Gasteiger partial charge in [0.25, 0.3) is 5.56 Å². The fourth-order valence-corrected chi connectivity index (χ4v) is 2.76. The summed E-state index contributed by atoms with van der Waals surface area (Å²) in [5.41, 5.74) is 5.94. The number of halogens is 1. The Labute approximate surface area is 155 Å². The maximum atomic E-state index is 12.6. The molecule has 142 valence electrons. The third-order valence-electron chi connectivity index (χ3n) is 4.24. The molecule has 0 aliphatic heterocycles. The van der Waals surface area contributed by atoms with Crippen LogP contribution in [-0.4, -0.2) is 32.3 Å². The summed E-state index contributed by atoms with van der Waals surface area (Å²) in [5, 5.41) is 4.70. The molecular formula is C16H23ClN6O3. The smallest absolute Gasteiger partial charge is 0.330 e. The molecule has 0 aliphatic rings. The van der Waals surface area contributed by atoms with Gasteiger partial charge in [-0.05, 0) is 20.3 Å². The minimum absolute atomic E-state index is 0.0329. The quantitative estimate of drug-likeness (QED) is 0.773. The van der Waals surface area contributed by atoms with Gasteiger partial charge in [-0.3, -0.25) is 23.8 Å². The number of carbonyl (C=O) groups is 1. The van der Waals surface area contributed by atoms with E-state index in [0.717, 1.165) is 17.7 Å². The normalized spacial score (nSPS) is 11.0. The standard InChI is InChI=1S/C16H23ClN6O3/c1-5-6-7-22-14(18)13(15(25)19-16(22)26)21(4)11(24)8-23-10(3)12(17)9(2)20-23/h5-8,18H2,1-4H3,(H,19,25,26). The summed E-state index contributed by atoms with van der Waals surface area (Å²) in [6, 6.07) is 0. The van der Waals surface area contributed by atoms with Gasteiger partial charge in [0, 0.05) is 13.6 Å². The molecule has 2 aromatic heterocycles. The van der Waals surface area contributed by atoms with Crippen LogP contribution in [0.15, 0.2) is 9.59 Å². The number of hydrogen-bond donors (Lipinski definition) is 2. The number of rotatable bonds is 6. The summed E-state index contributed by atoms with van der Waals surface area (Å²) < 4.78 is 2.73. The van der Waals surface area contributed by atoms with Crippen molar-refractivity contribution in [1.82, 2.24) is 19.3 Å². The third-order valence-corrected chi connectivity index (χ3v) is 4.78. The van der Waals surface area contributed by atoms with E-state index in [1.54, 1.807) is 13.8 Å². The lowest BCUT2D eigenvalue weighted by Gasteiger charge is -2.20. The Kier molecular flexibility index (Phi) is 5.91. The molecule has 9 nitrogen and oxygen atoms in total. The van der Waals surface area contributed by atoms with Crippen LogP contribution in [0.5, 0.6) is 0 Å². The van der Waals surface area contributed by atoms with Crippen molar-refractivity contribution in [3.05, 3.63) is 37.2 Å². The first-order chi connectivity index (χ1) is 12.2. The molecule has 0 saturated carbocycles. The molecular weight excluding hydrogens is 360 g/mol. The number of anilines is 2. The number of nitrogens with one attached hydrogen (secondary N) is 1. The van der Waals surface area contributed by atoms with Crippen molar-refractivity contribution in [2.24, 2.45) is 0 Å². The molecule has 0 fully saturated rings. The molecule has 26 heavy (non-hydrogen) atoms. The van der Waals surface area contributed by atoms with Crippen molar-refractivity contribution in [2.75, 3.05) is 17.7 Å². The van der Waals surface area contributed by atoms with Crippen molar-refractivity contribution in [3.8, 4) is 0 Å². The number of aryl methyl sites for hydroxylation is 1. The fraction of sp³-hybridized carbons (Fsp3) is 0.500. The van der Waals surface area contributed by atoms with Gasteiger partial charge in [0.15, 0.2) is 5.69 Å². The van der Waals surface area contributed by atoms with Gasteiger partial charge in [-0.25, -0.2) is 4.79 Å². The van der Waals surface area contributed by atoms with Gasteiger partial charge in [0.1, 0.15) is 12.4 Å². The highest BCUT2D eigenvalue weighted by molar-refractivity contribution is 6.31. The van der Waals surface area contributed by atoms with Crippen LogP contribution in [-0.2, 0) is 17.9 Å². The topological polar surface area (TPSA) is 119 Å². The molecule has 0 bridgehead atoms. The Balaban J connectivity index is 2.37. The lowest BCUT2D eigenvalue weighted by molar-refractivity contribution is -0.119. The zero-order valence-corrected chi connectivity index (χ0v) is 16.1. The predicted octanol–water partition coefficient (Wildman–Crippen LogP) is 1.05. The van der Waals surface area contributed by atoms with Gasteiger partial charge in [-0.15, -0.1) is 0 Å². The van der Waals surface area contributed by atoms with Gasteiger partial charge in [0.05, 0.1) is 16.4 Å². The number of H-pyrrole nitrogens is 1. The molecule has 2 rings (SSSR count). The summed E-state index contributed by atoms with van der Waals surface area (Å²) in [6.45, 7) is 5.72. The van der Waals surface area contributed by atoms with E-state index < -0.39 is 17.2 Å². The van der Waals surface area contributed by atoms with E-state index in [1.807, 2.05) is 6.92 Å². The average molecular weight is 383 g/mol. The first-order valence-corrected chi connectivity index (χ1v) is 8.65. The molecule has 0 aliphatic carbocycles. The SMILES string of the molecule is CCCCn1c(N)c(N(C)C(=O)Cn2nc(C)c(Cl)c2C)c(=O)[nH]c1=O. The van der Waals surface area contributed by atoms with Crippen LogP contribution in [0.25, 0.3) is 0 Å². The minimum atomic E-state index is -0.706. The molecule has 10 heteroatoms. The molecule has 0 spiro atoms. The number of carbonyl (C=O) groups excluding carboxylic acids is 1. The molecule has 0 atom stereocenters. The highest BCUT2D eigenvalue weighted by Crippen LogP contribution is 2.20. The van der Waals surface area contributed by atoms with Crippen molar-refractivity contribution >= 4 is 29.0 Å². The summed E-state index contributed by atoms with van der Waals surface area (Å²) in [5.74, 6) is -0.445. The minimum Gasteiger partial charge on any atom is -0.383 e. The first-order valence-electron chi connectivity index (χ1n) is 8.27. The first kappa shape index (κ1) is 19.8. The van der Waals surface area contributed by atoms with E-state index >= 15 is 0 Å². The van der Waals surface area contributed by atoms with E-state index in [-0.39, 0.29) is 18.1 Å². The van der Waals surface area contributed by atoms with Crippen LogP contribution < -0.4 is 21.9 Å². The predicted molar refractivity (Wildman–Crippen MR) is 101 cm³/mol. The fourth-order valence-electron chi connectivity index (χ4n) is 2.63. The summed E-state index contributed by atoms with van der Waals surface area (Å²) in [6.07, 6.45) is 1.57. The van der Waals surface area contributed by atoms with Gasteiger partial charge >= 0.3 is 5.69 Å². The van der Waals surface area contributed by atoms with Crippen molar-refractivity contribution in [3.63, 3.8) is 0 Å². The Bertz CT molecular complexity index is 943. The van der Waals surface area contributed by atoms with Crippen molar-refractivity contribution in [1.29, 1.82) is 0 Å². The highest BCUT2D eigenvalue weighted by atomic mass is 35.5. The monoisotopic (exact) mass is 382 g/mol. The summed E-state index contributed by atoms with van der Waals surface area (Å²) >= 11 is 6.09. The number of likely N-dealkylation sites (N-methyl/N-ethyl adjacent to an activating group) is 1. The second-order valence-corrected chi connectivity index (χ2v) is 6.47. The van der Waals surface area contributed by atoms with Crippen LogP contribution in [0.4, 0.5) is 11.5 Å². The zero-order chi connectivity index (χ0) is 19.6. The molecule has 0 unspecified atom stereocenters.